The lowest BCUT2D eigenvalue weighted by Gasteiger charge is -2.46. The fraction of sp³-hybridized carbons (Fsp3) is 0.692. The summed E-state index contributed by atoms with van der Waals surface area (Å²) in [6.45, 7) is 3.26. The van der Waals surface area contributed by atoms with Gasteiger partial charge < -0.3 is 14.8 Å². The van der Waals surface area contributed by atoms with Crippen LogP contribution < -0.4 is 10.5 Å². The maximum absolute atomic E-state index is 11.3. The first-order valence-corrected chi connectivity index (χ1v) is 6.74. The number of hydrogen-bond donors (Lipinski definition) is 1. The highest BCUT2D eigenvalue weighted by molar-refractivity contribution is 5.37. The van der Waals surface area contributed by atoms with Crippen molar-refractivity contribution < 1.29 is 0 Å². The van der Waals surface area contributed by atoms with Crippen molar-refractivity contribution in [2.45, 2.75) is 25.3 Å². The Hall–Kier alpha value is -1.36. The van der Waals surface area contributed by atoms with Crippen molar-refractivity contribution in [3.05, 3.63) is 22.7 Å². The molecule has 0 aliphatic carbocycles. The van der Waals surface area contributed by atoms with E-state index in [1.807, 2.05) is 0 Å². The van der Waals surface area contributed by atoms with E-state index in [9.17, 15) is 4.79 Å². The normalized spacial score (nSPS) is 29.1. The molecule has 0 spiro atoms. The molecule has 0 amide bonds. The molecule has 2 aliphatic rings. The van der Waals surface area contributed by atoms with Gasteiger partial charge in [-0.1, -0.05) is 0 Å². The van der Waals surface area contributed by atoms with E-state index in [2.05, 4.69) is 26.8 Å². The molecular formula is C13H20N4O. The van der Waals surface area contributed by atoms with Gasteiger partial charge in [-0.15, -0.1) is 0 Å². The standard InChI is InChI=1S/C13H20N4O/c1-16-5-2-3-10-8-17(6-4-11(10)16)12-7-13(18)15-9-14-12/h7,9-11H,2-6,8H2,1H3,(H,14,15,18). The van der Waals surface area contributed by atoms with Crippen LogP contribution >= 0.6 is 0 Å². The van der Waals surface area contributed by atoms with Gasteiger partial charge in [0.15, 0.2) is 0 Å². The minimum absolute atomic E-state index is 0.0668. The third-order valence-corrected chi connectivity index (χ3v) is 4.33. The van der Waals surface area contributed by atoms with Gasteiger partial charge in [0, 0.05) is 25.2 Å². The van der Waals surface area contributed by atoms with Crippen LogP contribution in [0.1, 0.15) is 19.3 Å². The van der Waals surface area contributed by atoms with E-state index in [4.69, 9.17) is 0 Å². The van der Waals surface area contributed by atoms with Crippen molar-refractivity contribution in [3.63, 3.8) is 0 Å². The summed E-state index contributed by atoms with van der Waals surface area (Å²) in [6.07, 6.45) is 5.26. The van der Waals surface area contributed by atoms with E-state index < -0.39 is 0 Å². The third-order valence-electron chi connectivity index (χ3n) is 4.33. The molecule has 1 N–H and O–H groups in total. The molecule has 18 heavy (non-hydrogen) atoms. The zero-order valence-electron chi connectivity index (χ0n) is 10.8. The van der Waals surface area contributed by atoms with E-state index >= 15 is 0 Å². The van der Waals surface area contributed by atoms with Crippen molar-refractivity contribution in [1.29, 1.82) is 0 Å². The molecule has 3 heterocycles. The van der Waals surface area contributed by atoms with Gasteiger partial charge in [0.1, 0.15) is 5.82 Å². The molecule has 2 saturated heterocycles. The average Bonchev–Trinajstić information content (AvgIpc) is 2.39. The summed E-state index contributed by atoms with van der Waals surface area (Å²) in [5, 5.41) is 0. The molecule has 0 radical (unpaired) electrons. The number of aromatic nitrogens is 2. The van der Waals surface area contributed by atoms with Gasteiger partial charge in [-0.3, -0.25) is 4.79 Å². The Morgan fingerprint density at radius 3 is 3.11 bits per heavy atom. The van der Waals surface area contributed by atoms with Crippen molar-refractivity contribution >= 4 is 5.82 Å². The van der Waals surface area contributed by atoms with Crippen molar-refractivity contribution in [2.24, 2.45) is 5.92 Å². The average molecular weight is 248 g/mol. The van der Waals surface area contributed by atoms with Crippen molar-refractivity contribution in [3.8, 4) is 0 Å². The van der Waals surface area contributed by atoms with Gasteiger partial charge in [0.2, 0.25) is 0 Å². The summed E-state index contributed by atoms with van der Waals surface area (Å²) in [4.78, 5) is 22.9. The van der Waals surface area contributed by atoms with Crippen molar-refractivity contribution in [2.75, 3.05) is 31.6 Å². The zero-order valence-corrected chi connectivity index (χ0v) is 10.8. The molecule has 3 rings (SSSR count). The van der Waals surface area contributed by atoms with Crippen LogP contribution in [0, 0.1) is 5.92 Å². The summed E-state index contributed by atoms with van der Waals surface area (Å²) in [7, 11) is 2.23. The Labute approximate surface area is 107 Å². The summed E-state index contributed by atoms with van der Waals surface area (Å²) in [5.74, 6) is 1.55. The lowest BCUT2D eigenvalue weighted by Crippen LogP contribution is -2.53. The number of anilines is 1. The predicted octanol–water partition coefficient (Wildman–Crippen LogP) is 0.690. The lowest BCUT2D eigenvalue weighted by atomic mass is 9.84. The lowest BCUT2D eigenvalue weighted by molar-refractivity contribution is 0.102. The first kappa shape index (κ1) is 11.7. The van der Waals surface area contributed by atoms with Gasteiger partial charge in [-0.05, 0) is 38.8 Å². The second kappa shape index (κ2) is 4.72. The van der Waals surface area contributed by atoms with Crippen LogP contribution in [0.3, 0.4) is 0 Å². The summed E-state index contributed by atoms with van der Waals surface area (Å²) < 4.78 is 0. The molecule has 98 valence electrons. The smallest absolute Gasteiger partial charge is 0.252 e. The monoisotopic (exact) mass is 248 g/mol. The number of rotatable bonds is 1. The predicted molar refractivity (Wildman–Crippen MR) is 70.8 cm³/mol. The van der Waals surface area contributed by atoms with Gasteiger partial charge >= 0.3 is 0 Å². The highest BCUT2D eigenvalue weighted by Crippen LogP contribution is 2.30. The van der Waals surface area contributed by atoms with E-state index in [1.54, 1.807) is 6.07 Å². The molecular weight excluding hydrogens is 228 g/mol. The van der Waals surface area contributed by atoms with E-state index in [0.29, 0.717) is 0 Å². The molecule has 0 bridgehead atoms. The maximum atomic E-state index is 11.3. The number of hydrogen-bond acceptors (Lipinski definition) is 4. The SMILES string of the molecule is CN1CCCC2CN(c3cc(=O)[nH]cn3)CCC21. The molecule has 2 aliphatic heterocycles. The fourth-order valence-electron chi connectivity index (χ4n) is 3.39. The molecule has 1 aromatic rings. The second-order valence-corrected chi connectivity index (χ2v) is 5.45. The number of nitrogens with one attached hydrogen (secondary N) is 1. The Bertz CT molecular complexity index is 472. The molecule has 5 heteroatoms. The van der Waals surface area contributed by atoms with E-state index in [1.165, 1.54) is 32.1 Å². The Balaban J connectivity index is 1.76. The maximum Gasteiger partial charge on any atom is 0.252 e. The quantitative estimate of drug-likeness (QED) is 0.794. The van der Waals surface area contributed by atoms with Crippen molar-refractivity contribution in [1.82, 2.24) is 14.9 Å². The van der Waals surface area contributed by atoms with Crippen LogP contribution in [0.15, 0.2) is 17.2 Å². The van der Waals surface area contributed by atoms with Gasteiger partial charge in [0.05, 0.1) is 6.33 Å². The molecule has 0 aromatic carbocycles. The summed E-state index contributed by atoms with van der Waals surface area (Å²) >= 11 is 0. The highest BCUT2D eigenvalue weighted by atomic mass is 16.1. The minimum atomic E-state index is -0.0668. The molecule has 2 atom stereocenters. The number of piperidine rings is 2. The van der Waals surface area contributed by atoms with E-state index in [-0.39, 0.29) is 5.56 Å². The number of likely N-dealkylation sites (tertiary alicyclic amines) is 1. The summed E-state index contributed by atoms with van der Waals surface area (Å²) in [6, 6.07) is 2.32. The largest absolute Gasteiger partial charge is 0.356 e. The first-order valence-electron chi connectivity index (χ1n) is 6.74. The molecule has 0 saturated carbocycles. The Morgan fingerprint density at radius 2 is 2.28 bits per heavy atom. The number of fused-ring (bicyclic) bond motifs is 1. The van der Waals surface area contributed by atoms with Crippen LogP contribution in [0.5, 0.6) is 0 Å². The number of H-pyrrole nitrogens is 1. The number of nitrogens with zero attached hydrogens (tertiary/aromatic N) is 3. The topological polar surface area (TPSA) is 52.2 Å². The van der Waals surface area contributed by atoms with Crippen LogP contribution in [0.4, 0.5) is 5.82 Å². The Morgan fingerprint density at radius 1 is 1.39 bits per heavy atom. The van der Waals surface area contributed by atoms with Crippen LogP contribution in [0.2, 0.25) is 0 Å². The zero-order chi connectivity index (χ0) is 12.5. The Kier molecular flexibility index (Phi) is 3.07. The minimum Gasteiger partial charge on any atom is -0.356 e. The third kappa shape index (κ3) is 2.14. The fourth-order valence-corrected chi connectivity index (χ4v) is 3.39. The molecule has 5 nitrogen and oxygen atoms in total. The molecule has 2 unspecified atom stereocenters. The number of aromatic amines is 1. The van der Waals surface area contributed by atoms with Gasteiger partial charge in [-0.2, -0.15) is 0 Å². The van der Waals surface area contributed by atoms with Gasteiger partial charge in [-0.25, -0.2) is 4.98 Å². The molecule has 2 fully saturated rings. The van der Waals surface area contributed by atoms with Gasteiger partial charge in [0.25, 0.3) is 5.56 Å². The van der Waals surface area contributed by atoms with Crippen LogP contribution in [-0.2, 0) is 0 Å². The first-order chi connectivity index (χ1) is 8.74. The second-order valence-electron chi connectivity index (χ2n) is 5.45. The summed E-state index contributed by atoms with van der Waals surface area (Å²) in [5.41, 5.74) is -0.0668. The van der Waals surface area contributed by atoms with E-state index in [0.717, 1.165) is 30.9 Å². The molecule has 1 aromatic heterocycles. The van der Waals surface area contributed by atoms with Crippen LogP contribution in [0.25, 0.3) is 0 Å². The van der Waals surface area contributed by atoms with Crippen LogP contribution in [-0.4, -0.2) is 47.6 Å². The highest BCUT2D eigenvalue weighted by Gasteiger charge is 2.34.